The number of anilines is 1. The number of nitrogens with zero attached hydrogens (tertiary/aromatic N) is 1. The Morgan fingerprint density at radius 1 is 1.15 bits per heavy atom. The fourth-order valence-corrected chi connectivity index (χ4v) is 4.11. The molecule has 0 aromatic heterocycles. The topological polar surface area (TPSA) is 66.5 Å². The Balaban J connectivity index is 1.61. The van der Waals surface area contributed by atoms with E-state index in [2.05, 4.69) is 19.2 Å². The highest BCUT2D eigenvalue weighted by Gasteiger charge is 2.51. The van der Waals surface area contributed by atoms with E-state index in [1.54, 1.807) is 0 Å². The van der Waals surface area contributed by atoms with Gasteiger partial charge in [0.1, 0.15) is 6.54 Å². The molecule has 26 heavy (non-hydrogen) atoms. The lowest BCUT2D eigenvalue weighted by atomic mass is 9.73. The monoisotopic (exact) mass is 356 g/mol. The summed E-state index contributed by atoms with van der Waals surface area (Å²) in [6, 6.07) is 7.76. The number of nitrogens with one attached hydrogen (secondary N) is 1. The van der Waals surface area contributed by atoms with Crippen LogP contribution in [0.4, 0.5) is 5.69 Å². The summed E-state index contributed by atoms with van der Waals surface area (Å²) in [7, 11) is 0. The molecule has 1 aliphatic heterocycles. The molecule has 1 aliphatic carbocycles. The first-order valence-corrected chi connectivity index (χ1v) is 9.70. The predicted octanol–water partition coefficient (Wildman–Crippen LogP) is 3.85. The lowest BCUT2D eigenvalue weighted by Crippen LogP contribution is -2.41. The largest absolute Gasteiger partial charge is 0.325 e. The van der Waals surface area contributed by atoms with Crippen LogP contribution in [0, 0.1) is 5.41 Å². The van der Waals surface area contributed by atoms with E-state index in [0.29, 0.717) is 11.6 Å². The van der Waals surface area contributed by atoms with Crippen molar-refractivity contribution in [3.63, 3.8) is 0 Å². The quantitative estimate of drug-likeness (QED) is 0.815. The van der Waals surface area contributed by atoms with Crippen molar-refractivity contribution in [2.75, 3.05) is 11.9 Å². The van der Waals surface area contributed by atoms with Gasteiger partial charge in [-0.05, 0) is 42.9 Å². The molecule has 1 N–H and O–H groups in total. The fraction of sp³-hybridized carbons (Fsp3) is 0.571. The highest BCUT2D eigenvalue weighted by Crippen LogP contribution is 2.45. The molecule has 3 rings (SSSR count). The van der Waals surface area contributed by atoms with Crippen LogP contribution in [0.15, 0.2) is 24.3 Å². The Morgan fingerprint density at radius 3 is 2.42 bits per heavy atom. The predicted molar refractivity (Wildman–Crippen MR) is 101 cm³/mol. The molecule has 3 amide bonds. The summed E-state index contributed by atoms with van der Waals surface area (Å²) in [5, 5.41) is 2.80. The number of hydrogen-bond donors (Lipinski definition) is 1. The van der Waals surface area contributed by atoms with E-state index in [-0.39, 0.29) is 30.7 Å². The van der Waals surface area contributed by atoms with Gasteiger partial charge in [-0.3, -0.25) is 19.3 Å². The van der Waals surface area contributed by atoms with Gasteiger partial charge in [0.2, 0.25) is 17.7 Å². The molecule has 0 unspecified atom stereocenters. The highest BCUT2D eigenvalue weighted by molar-refractivity contribution is 6.09. The van der Waals surface area contributed by atoms with Crippen LogP contribution >= 0.6 is 0 Å². The number of hydrogen-bond acceptors (Lipinski definition) is 3. The summed E-state index contributed by atoms with van der Waals surface area (Å²) in [6.45, 7) is 4.12. The first-order chi connectivity index (χ1) is 12.4. The Morgan fingerprint density at radius 2 is 1.81 bits per heavy atom. The molecule has 1 spiro atoms. The van der Waals surface area contributed by atoms with Crippen LogP contribution in [0.2, 0.25) is 0 Å². The molecule has 1 aromatic rings. The minimum absolute atomic E-state index is 0.149. The number of benzene rings is 1. The number of imide groups is 1. The third kappa shape index (κ3) is 3.67. The summed E-state index contributed by atoms with van der Waals surface area (Å²) >= 11 is 0. The van der Waals surface area contributed by atoms with Crippen molar-refractivity contribution < 1.29 is 14.4 Å². The third-order valence-electron chi connectivity index (χ3n) is 5.98. The fourth-order valence-electron chi connectivity index (χ4n) is 4.11. The molecular formula is C21H28N2O3. The Hall–Kier alpha value is -2.17. The Labute approximate surface area is 155 Å². The lowest BCUT2D eigenvalue weighted by molar-refractivity contribution is -0.144. The van der Waals surface area contributed by atoms with Crippen molar-refractivity contribution >= 4 is 23.4 Å². The van der Waals surface area contributed by atoms with Gasteiger partial charge in [-0.25, -0.2) is 0 Å². The van der Waals surface area contributed by atoms with Crippen molar-refractivity contribution in [1.29, 1.82) is 0 Å². The van der Waals surface area contributed by atoms with Gasteiger partial charge in [0.15, 0.2) is 0 Å². The lowest BCUT2D eigenvalue weighted by Gasteiger charge is -2.30. The van der Waals surface area contributed by atoms with Crippen LogP contribution in [0.3, 0.4) is 0 Å². The normalized spacial score (nSPS) is 20.5. The van der Waals surface area contributed by atoms with E-state index >= 15 is 0 Å². The van der Waals surface area contributed by atoms with Gasteiger partial charge in [0.25, 0.3) is 0 Å². The van der Waals surface area contributed by atoms with Crippen molar-refractivity contribution in [1.82, 2.24) is 4.90 Å². The van der Waals surface area contributed by atoms with Gasteiger partial charge in [0, 0.05) is 12.1 Å². The van der Waals surface area contributed by atoms with Crippen molar-refractivity contribution in [3.05, 3.63) is 29.8 Å². The first kappa shape index (κ1) is 18.6. The van der Waals surface area contributed by atoms with Crippen LogP contribution in [0.25, 0.3) is 0 Å². The Kier molecular flexibility index (Phi) is 5.44. The molecular weight excluding hydrogens is 328 g/mol. The molecule has 2 fully saturated rings. The van der Waals surface area contributed by atoms with Gasteiger partial charge in [-0.15, -0.1) is 0 Å². The average Bonchev–Trinajstić information content (AvgIpc) is 2.86. The molecule has 1 heterocycles. The summed E-state index contributed by atoms with van der Waals surface area (Å²) in [4.78, 5) is 38.6. The van der Waals surface area contributed by atoms with Crippen molar-refractivity contribution in [2.45, 2.75) is 64.7 Å². The second kappa shape index (κ2) is 7.60. The minimum atomic E-state index is -0.534. The second-order valence-electron chi connectivity index (χ2n) is 7.78. The molecule has 0 radical (unpaired) electrons. The number of carbonyl (C=O) groups excluding carboxylic acids is 3. The van der Waals surface area contributed by atoms with Crippen LogP contribution < -0.4 is 5.32 Å². The molecule has 1 atom stereocenters. The van der Waals surface area contributed by atoms with Gasteiger partial charge < -0.3 is 5.32 Å². The molecule has 1 aromatic carbocycles. The van der Waals surface area contributed by atoms with Crippen LogP contribution in [0.1, 0.15) is 70.3 Å². The van der Waals surface area contributed by atoms with Gasteiger partial charge >= 0.3 is 0 Å². The smallest absolute Gasteiger partial charge is 0.244 e. The molecule has 0 bridgehead atoms. The number of amides is 3. The standard InChI is InChI=1S/C21H28N2O3/c1-3-15(2)16-7-9-17(10-8-16)22-18(24)14-23-19(25)13-21(20(23)26)11-5-4-6-12-21/h7-10,15H,3-6,11-14H2,1-2H3,(H,22,24)/t15-/m0/s1. The number of carbonyl (C=O) groups is 3. The molecule has 2 aliphatic rings. The van der Waals surface area contributed by atoms with Crippen LogP contribution in [-0.2, 0) is 14.4 Å². The maximum atomic E-state index is 12.8. The molecule has 5 nitrogen and oxygen atoms in total. The summed E-state index contributed by atoms with van der Waals surface area (Å²) < 4.78 is 0. The first-order valence-electron chi connectivity index (χ1n) is 9.70. The van der Waals surface area contributed by atoms with Gasteiger partial charge in [-0.2, -0.15) is 0 Å². The van der Waals surface area contributed by atoms with Crippen molar-refractivity contribution in [2.24, 2.45) is 5.41 Å². The average molecular weight is 356 g/mol. The number of likely N-dealkylation sites (tertiary alicyclic amines) is 1. The molecule has 1 saturated carbocycles. The zero-order valence-electron chi connectivity index (χ0n) is 15.7. The summed E-state index contributed by atoms with van der Waals surface area (Å²) in [5.41, 5.74) is 1.39. The van der Waals surface area contributed by atoms with Crippen molar-refractivity contribution in [3.8, 4) is 0 Å². The van der Waals surface area contributed by atoms with Gasteiger partial charge in [-0.1, -0.05) is 45.2 Å². The maximum Gasteiger partial charge on any atom is 0.244 e. The zero-order valence-corrected chi connectivity index (χ0v) is 15.7. The van der Waals surface area contributed by atoms with E-state index in [0.717, 1.165) is 43.4 Å². The molecule has 140 valence electrons. The van der Waals surface area contributed by atoms with Crippen LogP contribution in [-0.4, -0.2) is 29.2 Å². The third-order valence-corrected chi connectivity index (χ3v) is 5.98. The molecule has 1 saturated heterocycles. The highest BCUT2D eigenvalue weighted by atomic mass is 16.2. The Bertz CT molecular complexity index is 690. The van der Waals surface area contributed by atoms with E-state index in [1.807, 2.05) is 24.3 Å². The summed E-state index contributed by atoms with van der Waals surface area (Å²) in [6.07, 6.45) is 5.97. The zero-order chi connectivity index (χ0) is 18.7. The van der Waals surface area contributed by atoms with E-state index in [9.17, 15) is 14.4 Å². The SMILES string of the molecule is CC[C@H](C)c1ccc(NC(=O)CN2C(=O)CC3(CCCCC3)C2=O)cc1. The minimum Gasteiger partial charge on any atom is -0.325 e. The van der Waals surface area contributed by atoms with Gasteiger partial charge in [0.05, 0.1) is 5.41 Å². The maximum absolute atomic E-state index is 12.8. The number of rotatable bonds is 5. The summed E-state index contributed by atoms with van der Waals surface area (Å²) in [5.74, 6) is -0.203. The van der Waals surface area contributed by atoms with Crippen LogP contribution in [0.5, 0.6) is 0 Å². The van der Waals surface area contributed by atoms with E-state index in [1.165, 1.54) is 5.56 Å². The van der Waals surface area contributed by atoms with E-state index in [4.69, 9.17) is 0 Å². The van der Waals surface area contributed by atoms with E-state index < -0.39 is 5.41 Å². The second-order valence-corrected chi connectivity index (χ2v) is 7.78. The molecule has 5 heteroatoms.